The Bertz CT molecular complexity index is 580. The van der Waals surface area contributed by atoms with E-state index in [0.29, 0.717) is 0 Å². The minimum atomic E-state index is 0.0254. The molecule has 1 aliphatic heterocycles. The topological polar surface area (TPSA) is 84.6 Å². The Morgan fingerprint density at radius 1 is 1.29 bits per heavy atom. The Hall–Kier alpha value is -2.48. The van der Waals surface area contributed by atoms with Gasteiger partial charge in [0.15, 0.2) is 0 Å². The van der Waals surface area contributed by atoms with Crippen LogP contribution in [0.4, 0.5) is 5.69 Å². The lowest BCUT2D eigenvalue weighted by Crippen LogP contribution is -2.38. The molecule has 1 aromatic carbocycles. The van der Waals surface area contributed by atoms with Crippen LogP contribution < -0.4 is 10.5 Å². The van der Waals surface area contributed by atoms with Crippen LogP contribution in [0.25, 0.3) is 5.69 Å². The number of nitroso groups, excluding NO2 is 1. The van der Waals surface area contributed by atoms with Crippen LogP contribution in [0.15, 0.2) is 41.9 Å². The van der Waals surface area contributed by atoms with E-state index in [1.54, 1.807) is 10.9 Å². The normalized spacial score (nSPS) is 15.9. The predicted octanol–water partition coefficient (Wildman–Crippen LogP) is 1.44. The highest BCUT2D eigenvalue weighted by molar-refractivity contribution is 5.53. The second kappa shape index (κ2) is 6.31. The molecule has 0 atom stereocenters. The average molecular weight is 288 g/mol. The van der Waals surface area contributed by atoms with Gasteiger partial charge >= 0.3 is 0 Å². The number of hydrogen-bond acceptors (Lipinski definition) is 6. The summed E-state index contributed by atoms with van der Waals surface area (Å²) in [4.78, 5) is 17.4. The van der Waals surface area contributed by atoms with Crippen molar-refractivity contribution in [3.05, 3.63) is 41.6 Å². The average Bonchev–Trinajstić information content (AvgIpc) is 3.08. The number of nitrogens with one attached hydrogen (secondary N) is 1. The van der Waals surface area contributed by atoms with E-state index in [9.17, 15) is 4.91 Å². The van der Waals surface area contributed by atoms with Crippen LogP contribution in [0.5, 0.6) is 0 Å². The van der Waals surface area contributed by atoms with E-state index in [2.05, 4.69) is 32.6 Å². The smallest absolute Gasteiger partial charge is 0.0907 e. The van der Waals surface area contributed by atoms with Crippen LogP contribution in [-0.2, 0) is 4.84 Å². The van der Waals surface area contributed by atoms with E-state index in [4.69, 9.17) is 4.84 Å². The zero-order valence-corrected chi connectivity index (χ0v) is 11.4. The Balaban J connectivity index is 1.65. The number of piperidine rings is 1. The third-order valence-corrected chi connectivity index (χ3v) is 3.58. The Labute approximate surface area is 121 Å². The van der Waals surface area contributed by atoms with Gasteiger partial charge in [0.2, 0.25) is 0 Å². The van der Waals surface area contributed by atoms with Gasteiger partial charge in [0.25, 0.3) is 0 Å². The lowest BCUT2D eigenvalue weighted by atomic mass is 10.1. The van der Waals surface area contributed by atoms with E-state index >= 15 is 0 Å². The number of nitrogens with zero attached hydrogens (tertiary/aromatic N) is 5. The minimum Gasteiger partial charge on any atom is -0.371 e. The van der Waals surface area contributed by atoms with Gasteiger partial charge < -0.3 is 4.90 Å². The third kappa shape index (κ3) is 3.16. The molecule has 21 heavy (non-hydrogen) atoms. The summed E-state index contributed by atoms with van der Waals surface area (Å²) in [6.45, 7) is 1.73. The molecule has 0 unspecified atom stereocenters. The van der Waals surface area contributed by atoms with Crippen molar-refractivity contribution in [3.63, 3.8) is 0 Å². The van der Waals surface area contributed by atoms with E-state index in [0.717, 1.165) is 37.3 Å². The highest BCUT2D eigenvalue weighted by Crippen LogP contribution is 2.23. The maximum Gasteiger partial charge on any atom is 0.0907 e. The van der Waals surface area contributed by atoms with Crippen molar-refractivity contribution in [1.29, 1.82) is 0 Å². The molecule has 0 aliphatic carbocycles. The maximum absolute atomic E-state index is 9.97. The van der Waals surface area contributed by atoms with Crippen molar-refractivity contribution in [2.75, 3.05) is 18.0 Å². The first-order chi connectivity index (χ1) is 10.4. The Morgan fingerprint density at radius 2 is 2.10 bits per heavy atom. The van der Waals surface area contributed by atoms with Crippen molar-refractivity contribution >= 4 is 5.69 Å². The first-order valence-corrected chi connectivity index (χ1v) is 6.81. The van der Waals surface area contributed by atoms with Gasteiger partial charge in [0.1, 0.15) is 0 Å². The van der Waals surface area contributed by atoms with Gasteiger partial charge in [-0.3, -0.25) is 4.84 Å². The second-order valence-electron chi connectivity index (χ2n) is 4.85. The fraction of sp³-hybridized carbons (Fsp3) is 0.385. The van der Waals surface area contributed by atoms with Gasteiger partial charge in [0.05, 0.1) is 29.5 Å². The van der Waals surface area contributed by atoms with Crippen LogP contribution >= 0.6 is 0 Å². The standard InChI is InChI=1S/C13H16N6O2/c20-16-17-21-13-4-7-18(8-5-13)11-2-1-3-12(10-11)19-9-6-14-15-19/h1-3,6,9-10,13H,4-5,7-8H2,(H,17,20). The molecular weight excluding hydrogens is 272 g/mol. The van der Waals surface area contributed by atoms with E-state index in [1.807, 2.05) is 23.9 Å². The zero-order chi connectivity index (χ0) is 14.5. The molecule has 1 saturated heterocycles. The van der Waals surface area contributed by atoms with Crippen molar-refractivity contribution < 1.29 is 4.84 Å². The lowest BCUT2D eigenvalue weighted by molar-refractivity contribution is -0.0356. The molecule has 0 saturated carbocycles. The van der Waals surface area contributed by atoms with Gasteiger partial charge in [-0.15, -0.1) is 15.6 Å². The van der Waals surface area contributed by atoms with Crippen molar-refractivity contribution in [2.24, 2.45) is 5.29 Å². The number of aromatic nitrogens is 3. The molecule has 0 bridgehead atoms. The first kappa shape index (κ1) is 13.5. The molecule has 1 aromatic heterocycles. The summed E-state index contributed by atoms with van der Waals surface area (Å²) in [6, 6.07) is 8.16. The second-order valence-corrected chi connectivity index (χ2v) is 4.85. The lowest BCUT2D eigenvalue weighted by Gasteiger charge is -2.32. The quantitative estimate of drug-likeness (QED) is 0.662. The molecular formula is C13H16N6O2. The summed E-state index contributed by atoms with van der Waals surface area (Å²) in [5.74, 6) is 0. The van der Waals surface area contributed by atoms with E-state index in [-0.39, 0.29) is 6.10 Å². The summed E-state index contributed by atoms with van der Waals surface area (Å²) >= 11 is 0. The molecule has 1 aliphatic rings. The molecule has 3 rings (SSSR count). The summed E-state index contributed by atoms with van der Waals surface area (Å²) in [6.07, 6.45) is 5.19. The number of anilines is 1. The SMILES string of the molecule is O=NNOC1CCN(c2cccc(-n3ccnn3)c2)CC1. The number of benzene rings is 1. The minimum absolute atomic E-state index is 0.0254. The van der Waals surface area contributed by atoms with Crippen LogP contribution in [-0.4, -0.2) is 34.2 Å². The van der Waals surface area contributed by atoms with E-state index in [1.165, 1.54) is 0 Å². The molecule has 2 aromatic rings. The summed E-state index contributed by atoms with van der Waals surface area (Å²) < 4.78 is 1.74. The molecule has 1 N–H and O–H groups in total. The summed E-state index contributed by atoms with van der Waals surface area (Å²) in [7, 11) is 0. The molecule has 0 spiro atoms. The number of hydrogen-bond donors (Lipinski definition) is 1. The van der Waals surface area contributed by atoms with Crippen LogP contribution in [0.2, 0.25) is 0 Å². The van der Waals surface area contributed by atoms with E-state index < -0.39 is 0 Å². The van der Waals surface area contributed by atoms with Gasteiger partial charge in [-0.2, -0.15) is 0 Å². The molecule has 8 nitrogen and oxygen atoms in total. The number of rotatable bonds is 5. The van der Waals surface area contributed by atoms with Crippen LogP contribution in [0.1, 0.15) is 12.8 Å². The molecule has 1 fully saturated rings. The summed E-state index contributed by atoms with van der Waals surface area (Å²) in [5.41, 5.74) is 4.16. The molecule has 0 radical (unpaired) electrons. The maximum atomic E-state index is 9.97. The fourth-order valence-electron chi connectivity index (χ4n) is 2.51. The highest BCUT2D eigenvalue weighted by Gasteiger charge is 2.20. The van der Waals surface area contributed by atoms with Crippen LogP contribution in [0, 0.1) is 4.91 Å². The van der Waals surface area contributed by atoms with Gasteiger partial charge in [-0.05, 0) is 31.0 Å². The summed E-state index contributed by atoms with van der Waals surface area (Å²) in [5, 5.41) is 10.3. The fourth-order valence-corrected chi connectivity index (χ4v) is 2.51. The predicted molar refractivity (Wildman–Crippen MR) is 76.6 cm³/mol. The van der Waals surface area contributed by atoms with Gasteiger partial charge in [-0.25, -0.2) is 4.68 Å². The Morgan fingerprint density at radius 3 is 2.81 bits per heavy atom. The van der Waals surface area contributed by atoms with Gasteiger partial charge in [-0.1, -0.05) is 11.3 Å². The van der Waals surface area contributed by atoms with Crippen molar-refractivity contribution in [1.82, 2.24) is 20.6 Å². The van der Waals surface area contributed by atoms with Gasteiger partial charge in [0, 0.05) is 18.8 Å². The molecule has 2 heterocycles. The largest absolute Gasteiger partial charge is 0.371 e. The van der Waals surface area contributed by atoms with Crippen molar-refractivity contribution in [2.45, 2.75) is 18.9 Å². The first-order valence-electron chi connectivity index (χ1n) is 6.81. The zero-order valence-electron chi connectivity index (χ0n) is 11.4. The highest BCUT2D eigenvalue weighted by atomic mass is 16.7. The van der Waals surface area contributed by atoms with Crippen LogP contribution in [0.3, 0.4) is 0 Å². The van der Waals surface area contributed by atoms with Crippen molar-refractivity contribution in [3.8, 4) is 5.69 Å². The molecule has 8 heteroatoms. The third-order valence-electron chi connectivity index (χ3n) is 3.58. The monoisotopic (exact) mass is 288 g/mol. The molecule has 0 amide bonds. The molecule has 110 valence electrons. The Kier molecular flexibility index (Phi) is 4.06.